The number of benzene rings is 1. The number of hydrogen-bond donors (Lipinski definition) is 2. The number of carbonyl (C=O) groups is 1. The Morgan fingerprint density at radius 1 is 1.37 bits per heavy atom. The van der Waals surface area contributed by atoms with Crippen LogP contribution in [0.2, 0.25) is 0 Å². The molecule has 4 nitrogen and oxygen atoms in total. The molecule has 0 spiro atoms. The Morgan fingerprint density at radius 3 is 2.63 bits per heavy atom. The number of nitrogens with one attached hydrogen (secondary N) is 2. The van der Waals surface area contributed by atoms with Crippen molar-refractivity contribution in [3.63, 3.8) is 0 Å². The Hall–Kier alpha value is -1.62. The summed E-state index contributed by atoms with van der Waals surface area (Å²) in [7, 11) is 0. The summed E-state index contributed by atoms with van der Waals surface area (Å²) in [6.07, 6.45) is 0. The number of thiocarbonyl (C=S) groups is 1. The zero-order valence-corrected chi connectivity index (χ0v) is 12.6. The van der Waals surface area contributed by atoms with E-state index in [1.807, 2.05) is 33.8 Å². The van der Waals surface area contributed by atoms with Crippen molar-refractivity contribution in [2.75, 3.05) is 6.61 Å². The van der Waals surface area contributed by atoms with Crippen molar-refractivity contribution in [1.29, 1.82) is 0 Å². The molecule has 1 rings (SSSR count). The first-order valence-electron chi connectivity index (χ1n) is 6.18. The first-order chi connectivity index (χ1) is 8.81. The molecule has 1 amide bonds. The SMILES string of the molecule is CCOc1cccc(C(=O)NC(=S)NC(C)(C)C)c1. The van der Waals surface area contributed by atoms with E-state index in [0.717, 1.165) is 0 Å². The van der Waals surface area contributed by atoms with Gasteiger partial charge in [-0.1, -0.05) is 6.07 Å². The van der Waals surface area contributed by atoms with Gasteiger partial charge in [0.15, 0.2) is 5.11 Å². The van der Waals surface area contributed by atoms with Gasteiger partial charge in [-0.2, -0.15) is 0 Å². The van der Waals surface area contributed by atoms with Crippen molar-refractivity contribution in [1.82, 2.24) is 10.6 Å². The molecule has 19 heavy (non-hydrogen) atoms. The van der Waals surface area contributed by atoms with E-state index in [1.165, 1.54) is 0 Å². The van der Waals surface area contributed by atoms with Crippen molar-refractivity contribution < 1.29 is 9.53 Å². The van der Waals surface area contributed by atoms with Gasteiger partial charge in [-0.05, 0) is 58.1 Å². The molecule has 2 N–H and O–H groups in total. The van der Waals surface area contributed by atoms with Gasteiger partial charge in [0, 0.05) is 11.1 Å². The summed E-state index contributed by atoms with van der Waals surface area (Å²) in [5, 5.41) is 5.99. The number of rotatable bonds is 3. The number of carbonyl (C=O) groups excluding carboxylic acids is 1. The van der Waals surface area contributed by atoms with Crippen LogP contribution in [0.3, 0.4) is 0 Å². The van der Waals surface area contributed by atoms with Gasteiger partial charge in [-0.15, -0.1) is 0 Å². The van der Waals surface area contributed by atoms with Crippen molar-refractivity contribution >= 4 is 23.2 Å². The normalized spacial score (nSPS) is 10.7. The summed E-state index contributed by atoms with van der Waals surface area (Å²) in [4.78, 5) is 12.0. The summed E-state index contributed by atoms with van der Waals surface area (Å²) in [6.45, 7) is 8.38. The molecule has 0 aromatic heterocycles. The van der Waals surface area contributed by atoms with Gasteiger partial charge in [-0.25, -0.2) is 0 Å². The van der Waals surface area contributed by atoms with Crippen LogP contribution in [0.15, 0.2) is 24.3 Å². The molecule has 0 aliphatic carbocycles. The van der Waals surface area contributed by atoms with E-state index in [4.69, 9.17) is 17.0 Å². The first-order valence-corrected chi connectivity index (χ1v) is 6.59. The monoisotopic (exact) mass is 280 g/mol. The molecule has 0 fully saturated rings. The predicted molar refractivity (Wildman–Crippen MR) is 80.6 cm³/mol. The van der Waals surface area contributed by atoms with Gasteiger partial charge in [0.1, 0.15) is 5.75 Å². The van der Waals surface area contributed by atoms with Crippen LogP contribution in [0.5, 0.6) is 5.75 Å². The molecular formula is C14H20N2O2S. The smallest absolute Gasteiger partial charge is 0.257 e. The molecule has 0 saturated heterocycles. The lowest BCUT2D eigenvalue weighted by atomic mass is 10.1. The molecule has 0 aliphatic rings. The summed E-state index contributed by atoms with van der Waals surface area (Å²) in [5.74, 6) is 0.424. The summed E-state index contributed by atoms with van der Waals surface area (Å²) in [6, 6.07) is 7.00. The average molecular weight is 280 g/mol. The van der Waals surface area contributed by atoms with E-state index in [1.54, 1.807) is 18.2 Å². The van der Waals surface area contributed by atoms with E-state index in [9.17, 15) is 4.79 Å². The highest BCUT2D eigenvalue weighted by molar-refractivity contribution is 7.80. The average Bonchev–Trinajstić information content (AvgIpc) is 2.27. The van der Waals surface area contributed by atoms with E-state index in [2.05, 4.69) is 10.6 Å². The fourth-order valence-corrected chi connectivity index (χ4v) is 1.84. The Kier molecular flexibility index (Phi) is 5.30. The van der Waals surface area contributed by atoms with E-state index < -0.39 is 0 Å². The van der Waals surface area contributed by atoms with E-state index in [0.29, 0.717) is 23.0 Å². The molecule has 1 aromatic rings. The zero-order chi connectivity index (χ0) is 14.5. The maximum atomic E-state index is 12.0. The minimum absolute atomic E-state index is 0.183. The quantitative estimate of drug-likeness (QED) is 0.835. The molecule has 5 heteroatoms. The van der Waals surface area contributed by atoms with Gasteiger partial charge in [0.05, 0.1) is 6.61 Å². The van der Waals surface area contributed by atoms with Crippen molar-refractivity contribution in [3.8, 4) is 5.75 Å². The van der Waals surface area contributed by atoms with Gasteiger partial charge >= 0.3 is 0 Å². The van der Waals surface area contributed by atoms with Crippen LogP contribution in [-0.4, -0.2) is 23.2 Å². The van der Waals surface area contributed by atoms with Crippen molar-refractivity contribution in [2.45, 2.75) is 33.2 Å². The molecular weight excluding hydrogens is 260 g/mol. The molecule has 1 aromatic carbocycles. The van der Waals surface area contributed by atoms with Crippen LogP contribution >= 0.6 is 12.2 Å². The minimum atomic E-state index is -0.247. The molecule has 104 valence electrons. The fourth-order valence-electron chi connectivity index (χ4n) is 1.44. The minimum Gasteiger partial charge on any atom is -0.494 e. The van der Waals surface area contributed by atoms with Gasteiger partial charge < -0.3 is 10.1 Å². The molecule has 0 bridgehead atoms. The molecule has 0 heterocycles. The third-order valence-electron chi connectivity index (χ3n) is 2.12. The third-order valence-corrected chi connectivity index (χ3v) is 2.33. The lowest BCUT2D eigenvalue weighted by Crippen LogP contribution is -2.48. The Balaban J connectivity index is 2.68. The number of hydrogen-bond acceptors (Lipinski definition) is 3. The lowest BCUT2D eigenvalue weighted by molar-refractivity contribution is 0.0976. The van der Waals surface area contributed by atoms with E-state index >= 15 is 0 Å². The van der Waals surface area contributed by atoms with Crippen LogP contribution in [0, 0.1) is 0 Å². The second-order valence-electron chi connectivity index (χ2n) is 5.12. The van der Waals surface area contributed by atoms with Crippen LogP contribution in [0.1, 0.15) is 38.1 Å². The second kappa shape index (κ2) is 6.52. The Labute approximate surface area is 119 Å². The van der Waals surface area contributed by atoms with Crippen molar-refractivity contribution in [3.05, 3.63) is 29.8 Å². The number of amides is 1. The maximum absolute atomic E-state index is 12.0. The lowest BCUT2D eigenvalue weighted by Gasteiger charge is -2.22. The predicted octanol–water partition coefficient (Wildman–Crippen LogP) is 2.49. The standard InChI is InChI=1S/C14H20N2O2S/c1-5-18-11-8-6-7-10(9-11)12(17)15-13(19)16-14(2,3)4/h6-9H,5H2,1-4H3,(H2,15,16,17,19). The van der Waals surface area contributed by atoms with Crippen LogP contribution in [0.25, 0.3) is 0 Å². The maximum Gasteiger partial charge on any atom is 0.257 e. The molecule has 0 radical (unpaired) electrons. The molecule has 0 aliphatic heterocycles. The van der Waals surface area contributed by atoms with E-state index in [-0.39, 0.29) is 11.4 Å². The highest BCUT2D eigenvalue weighted by atomic mass is 32.1. The topological polar surface area (TPSA) is 50.4 Å². The fraction of sp³-hybridized carbons (Fsp3) is 0.429. The summed E-state index contributed by atoms with van der Waals surface area (Å²) >= 11 is 5.09. The van der Waals surface area contributed by atoms with Crippen molar-refractivity contribution in [2.24, 2.45) is 0 Å². The highest BCUT2D eigenvalue weighted by Gasteiger charge is 2.14. The zero-order valence-electron chi connectivity index (χ0n) is 11.7. The molecule has 0 saturated carbocycles. The third kappa shape index (κ3) is 5.70. The van der Waals surface area contributed by atoms with Crippen LogP contribution < -0.4 is 15.4 Å². The summed E-state index contributed by atoms with van der Waals surface area (Å²) in [5.41, 5.74) is 0.335. The van der Waals surface area contributed by atoms with Gasteiger partial charge in [0.2, 0.25) is 0 Å². The Bertz CT molecular complexity index is 467. The highest BCUT2D eigenvalue weighted by Crippen LogP contribution is 2.13. The summed E-state index contributed by atoms with van der Waals surface area (Å²) < 4.78 is 5.35. The number of ether oxygens (including phenoxy) is 1. The molecule has 0 atom stereocenters. The van der Waals surface area contributed by atoms with Gasteiger partial charge in [0.25, 0.3) is 5.91 Å². The largest absolute Gasteiger partial charge is 0.494 e. The Morgan fingerprint density at radius 2 is 2.05 bits per heavy atom. The van der Waals surface area contributed by atoms with Gasteiger partial charge in [-0.3, -0.25) is 10.1 Å². The van der Waals surface area contributed by atoms with Crippen LogP contribution in [-0.2, 0) is 0 Å². The molecule has 0 unspecified atom stereocenters. The van der Waals surface area contributed by atoms with Crippen LogP contribution in [0.4, 0.5) is 0 Å². The first kappa shape index (κ1) is 15.4. The second-order valence-corrected chi connectivity index (χ2v) is 5.53.